The average molecular weight is 604 g/mol. The maximum absolute atomic E-state index is 13.1. The number of hydrogen-bond acceptors (Lipinski definition) is 8. The van der Waals surface area contributed by atoms with Crippen molar-refractivity contribution in [2.75, 3.05) is 26.0 Å². The van der Waals surface area contributed by atoms with Crippen LogP contribution in [-0.2, 0) is 20.7 Å². The topological polar surface area (TPSA) is 160 Å². The number of carbonyl (C=O) groups excluding carboxylic acids is 3. The lowest BCUT2D eigenvalue weighted by Gasteiger charge is -2.20. The highest BCUT2D eigenvalue weighted by atomic mass is 35.5. The Hall–Kier alpha value is -5.04. The highest BCUT2D eigenvalue weighted by Crippen LogP contribution is 2.29. The zero-order chi connectivity index (χ0) is 30.3. The lowest BCUT2D eigenvalue weighted by atomic mass is 9.99. The van der Waals surface area contributed by atoms with Gasteiger partial charge >= 0.3 is 6.09 Å². The number of nitrogens with one attached hydrogen (secondary N) is 3. The highest BCUT2D eigenvalue weighted by molar-refractivity contribution is 6.30. The molecule has 222 valence electrons. The third kappa shape index (κ3) is 7.25. The molecule has 2 aromatic carbocycles. The second-order valence-corrected chi connectivity index (χ2v) is 10.4. The van der Waals surface area contributed by atoms with E-state index in [1.54, 1.807) is 48.5 Å². The number of imidazole rings is 1. The normalized spacial score (nSPS) is 15.7. The van der Waals surface area contributed by atoms with Gasteiger partial charge in [-0.2, -0.15) is 4.68 Å². The second kappa shape index (κ2) is 13.3. The number of hydrogen-bond donors (Lipinski definition) is 3. The maximum atomic E-state index is 13.1. The third-order valence-corrected chi connectivity index (χ3v) is 7.32. The molecule has 5 rings (SSSR count). The van der Waals surface area contributed by atoms with Crippen LogP contribution in [0.4, 0.5) is 10.5 Å². The molecule has 2 aromatic heterocycles. The van der Waals surface area contributed by atoms with Crippen molar-refractivity contribution >= 4 is 41.3 Å². The van der Waals surface area contributed by atoms with Gasteiger partial charge in [0.2, 0.25) is 11.8 Å². The number of anilines is 1. The lowest BCUT2D eigenvalue weighted by Crippen LogP contribution is -2.31. The van der Waals surface area contributed by atoms with Crippen molar-refractivity contribution in [2.45, 2.75) is 31.7 Å². The van der Waals surface area contributed by atoms with Gasteiger partial charge in [0.1, 0.15) is 12.2 Å². The summed E-state index contributed by atoms with van der Waals surface area (Å²) < 4.78 is 6.20. The van der Waals surface area contributed by atoms with Crippen LogP contribution in [0.15, 0.2) is 55.0 Å². The van der Waals surface area contributed by atoms with Crippen molar-refractivity contribution in [3.8, 4) is 16.9 Å². The molecule has 3 heterocycles. The number of fused-ring (bicyclic) bond motifs is 4. The van der Waals surface area contributed by atoms with E-state index in [9.17, 15) is 14.4 Å². The first kappa shape index (κ1) is 29.5. The fourth-order valence-corrected chi connectivity index (χ4v) is 5.03. The Morgan fingerprint density at radius 1 is 1.19 bits per heavy atom. The van der Waals surface area contributed by atoms with Gasteiger partial charge in [0.25, 0.3) is 0 Å². The summed E-state index contributed by atoms with van der Waals surface area (Å²) in [6, 6.07) is 10.2. The number of aryl methyl sites for hydroxylation is 1. The molecule has 3 N–H and O–H groups in total. The van der Waals surface area contributed by atoms with E-state index in [-0.39, 0.29) is 18.2 Å². The van der Waals surface area contributed by atoms with Gasteiger partial charge in [-0.05, 0) is 71.7 Å². The lowest BCUT2D eigenvalue weighted by molar-refractivity contribution is -0.130. The number of rotatable bonds is 5. The average Bonchev–Trinajstić information content (AvgIpc) is 3.71. The van der Waals surface area contributed by atoms with Crippen LogP contribution < -0.4 is 10.6 Å². The first-order valence-electron chi connectivity index (χ1n) is 13.6. The molecule has 1 unspecified atom stereocenters. The smallest absolute Gasteiger partial charge is 0.411 e. The number of benzene rings is 2. The molecule has 4 aromatic rings. The van der Waals surface area contributed by atoms with Gasteiger partial charge < -0.3 is 19.9 Å². The van der Waals surface area contributed by atoms with E-state index < -0.39 is 12.1 Å². The molecule has 43 heavy (non-hydrogen) atoms. The summed E-state index contributed by atoms with van der Waals surface area (Å²) in [6.07, 6.45) is 7.57. The van der Waals surface area contributed by atoms with E-state index in [1.165, 1.54) is 24.2 Å². The molecule has 0 aliphatic carbocycles. The van der Waals surface area contributed by atoms with E-state index in [1.807, 2.05) is 12.1 Å². The Labute approximate surface area is 252 Å². The number of nitrogens with zero attached hydrogens (tertiary/aromatic N) is 6. The Balaban J connectivity index is 1.41. The van der Waals surface area contributed by atoms with E-state index in [0.717, 1.165) is 23.2 Å². The van der Waals surface area contributed by atoms with Gasteiger partial charge in [-0.15, -0.1) is 5.10 Å². The van der Waals surface area contributed by atoms with Gasteiger partial charge in [0, 0.05) is 47.9 Å². The molecule has 2 bridgehead atoms. The molecule has 0 radical (unpaired) electrons. The second-order valence-electron chi connectivity index (χ2n) is 9.98. The van der Waals surface area contributed by atoms with Crippen molar-refractivity contribution in [2.24, 2.45) is 0 Å². The number of methoxy groups -OCH3 is 1. The predicted molar refractivity (Wildman–Crippen MR) is 159 cm³/mol. The molecule has 14 heteroatoms. The van der Waals surface area contributed by atoms with Crippen molar-refractivity contribution in [3.05, 3.63) is 77.0 Å². The molecule has 3 amide bonds. The van der Waals surface area contributed by atoms with Crippen LogP contribution in [0.5, 0.6) is 0 Å². The summed E-state index contributed by atoms with van der Waals surface area (Å²) in [7, 11) is 3.08. The zero-order valence-corrected chi connectivity index (χ0v) is 24.3. The van der Waals surface area contributed by atoms with Crippen molar-refractivity contribution in [1.29, 1.82) is 0 Å². The number of ether oxygens (including phenoxy) is 1. The monoisotopic (exact) mass is 603 g/mol. The van der Waals surface area contributed by atoms with Gasteiger partial charge in [0.15, 0.2) is 0 Å². The quantitative estimate of drug-likeness (QED) is 0.289. The van der Waals surface area contributed by atoms with Crippen LogP contribution in [0.2, 0.25) is 5.02 Å². The molecule has 1 atom stereocenters. The SMILES string of the molecule is COC(=O)Nc1ccc2c(c1)CCCN(C)C(=O)CCC(NC(=O)C=Cc1cc(Cl)ccc1-n1cnnn1)c1ncc-2[nH]1. The van der Waals surface area contributed by atoms with Gasteiger partial charge in [0.05, 0.1) is 30.7 Å². The first-order chi connectivity index (χ1) is 20.8. The Bertz CT molecular complexity index is 1650. The minimum atomic E-state index is -0.564. The molecule has 0 saturated carbocycles. The minimum Gasteiger partial charge on any atom is -0.453 e. The standard InChI is InChI=1S/C29H30ClN9O4/c1-38-13-3-4-18-15-21(33-29(42)43-2)7-8-22(18)24-16-31-28(35-24)23(9-12-27(38)41)34-26(40)11-5-19-14-20(30)6-10-25(19)39-17-32-36-37-39/h5-8,10-11,14-17,23H,3-4,9,12-13H2,1-2H3,(H,31,35)(H,33,42)(H,34,40). The minimum absolute atomic E-state index is 0.0350. The highest BCUT2D eigenvalue weighted by Gasteiger charge is 2.22. The van der Waals surface area contributed by atoms with E-state index in [2.05, 4.69) is 36.1 Å². The third-order valence-electron chi connectivity index (χ3n) is 7.08. The molecule has 0 fully saturated rings. The van der Waals surface area contributed by atoms with Crippen LogP contribution >= 0.6 is 11.6 Å². The number of aromatic amines is 1. The zero-order valence-electron chi connectivity index (χ0n) is 23.6. The maximum Gasteiger partial charge on any atom is 0.411 e. The molecule has 13 nitrogen and oxygen atoms in total. The Morgan fingerprint density at radius 2 is 2.05 bits per heavy atom. The molecule has 0 saturated heterocycles. The number of amides is 3. The van der Waals surface area contributed by atoms with Gasteiger partial charge in [-0.25, -0.2) is 9.78 Å². The summed E-state index contributed by atoms with van der Waals surface area (Å²) in [6.45, 7) is 0.559. The Kier molecular flexibility index (Phi) is 9.11. The van der Waals surface area contributed by atoms with Crippen molar-refractivity contribution in [3.63, 3.8) is 0 Å². The fourth-order valence-electron chi connectivity index (χ4n) is 4.85. The molecular weight excluding hydrogens is 574 g/mol. The van der Waals surface area contributed by atoms with Crippen LogP contribution in [0.3, 0.4) is 0 Å². The summed E-state index contributed by atoms with van der Waals surface area (Å²) in [5, 5.41) is 17.4. The number of H-pyrrole nitrogens is 1. The van der Waals surface area contributed by atoms with Crippen LogP contribution in [0, 0.1) is 0 Å². The summed E-state index contributed by atoms with van der Waals surface area (Å²) in [5.41, 5.74) is 4.51. The van der Waals surface area contributed by atoms with Crippen LogP contribution in [-0.4, -0.2) is 73.7 Å². The number of halogens is 1. The molecule has 1 aliphatic heterocycles. The van der Waals surface area contributed by atoms with Crippen LogP contribution in [0.25, 0.3) is 23.0 Å². The molecule has 1 aliphatic rings. The molecule has 0 spiro atoms. The summed E-state index contributed by atoms with van der Waals surface area (Å²) in [5.74, 6) is 0.105. The van der Waals surface area contributed by atoms with Crippen molar-refractivity contribution < 1.29 is 19.1 Å². The van der Waals surface area contributed by atoms with Gasteiger partial charge in [-0.3, -0.25) is 14.9 Å². The van der Waals surface area contributed by atoms with E-state index >= 15 is 0 Å². The van der Waals surface area contributed by atoms with Gasteiger partial charge in [-0.1, -0.05) is 17.7 Å². The number of tetrazole rings is 1. The Morgan fingerprint density at radius 3 is 2.84 bits per heavy atom. The number of aromatic nitrogens is 6. The summed E-state index contributed by atoms with van der Waals surface area (Å²) >= 11 is 6.20. The fraction of sp³-hybridized carbons (Fsp3) is 0.276. The number of carbonyl (C=O) groups is 3. The largest absolute Gasteiger partial charge is 0.453 e. The predicted octanol–water partition coefficient (Wildman–Crippen LogP) is 3.94. The van der Waals surface area contributed by atoms with E-state index in [0.29, 0.717) is 47.2 Å². The van der Waals surface area contributed by atoms with E-state index in [4.69, 9.17) is 16.3 Å². The molecular formula is C29H30ClN9O4. The van der Waals surface area contributed by atoms with Crippen molar-refractivity contribution in [1.82, 2.24) is 40.4 Å². The van der Waals surface area contributed by atoms with Crippen LogP contribution in [0.1, 0.15) is 42.3 Å². The first-order valence-corrected chi connectivity index (χ1v) is 14.0. The summed E-state index contributed by atoms with van der Waals surface area (Å²) in [4.78, 5) is 47.5.